The van der Waals surface area contributed by atoms with Gasteiger partial charge >= 0.3 is 6.09 Å². The van der Waals surface area contributed by atoms with Crippen molar-refractivity contribution in [3.8, 4) is 0 Å². The number of hydrogen-bond donors (Lipinski definition) is 0. The Morgan fingerprint density at radius 2 is 1.96 bits per heavy atom. The van der Waals surface area contributed by atoms with Crippen LogP contribution in [-0.2, 0) is 4.74 Å². The van der Waals surface area contributed by atoms with E-state index in [2.05, 4.69) is 10.1 Å². The van der Waals surface area contributed by atoms with Crippen LogP contribution in [0.15, 0.2) is 35.4 Å². The number of nitrogens with zero attached hydrogens (tertiary/aromatic N) is 5. The summed E-state index contributed by atoms with van der Waals surface area (Å²) >= 11 is 0. The number of aromatic nitrogens is 4. The molecule has 1 saturated heterocycles. The molecule has 27 heavy (non-hydrogen) atoms. The number of carbonyl (C=O) groups is 1. The first-order chi connectivity index (χ1) is 12.8. The van der Waals surface area contributed by atoms with Crippen LogP contribution in [0.3, 0.4) is 0 Å². The standard InChI is InChI=1S/C19H23N5O3/c1-19(2,3)27-18(26)22-10-6-13(7-11-22)24-15(25)8-12-23-17(24)14-5-4-9-20-16(14)21-23/h4-5,8-9,12-13H,6-7,10-11H2,1-3H3. The number of ether oxygens (including phenoxy) is 1. The number of fused-ring (bicyclic) bond motifs is 3. The lowest BCUT2D eigenvalue weighted by atomic mass is 10.0. The minimum absolute atomic E-state index is 0.00000661. The maximum atomic E-state index is 12.7. The smallest absolute Gasteiger partial charge is 0.410 e. The monoisotopic (exact) mass is 369 g/mol. The molecule has 142 valence electrons. The molecule has 3 aromatic rings. The van der Waals surface area contributed by atoms with E-state index in [0.717, 1.165) is 11.0 Å². The first-order valence-electron chi connectivity index (χ1n) is 9.16. The van der Waals surface area contributed by atoms with Crippen LogP contribution in [0.1, 0.15) is 39.7 Å². The summed E-state index contributed by atoms with van der Waals surface area (Å²) in [6, 6.07) is 5.30. The van der Waals surface area contributed by atoms with Crippen LogP contribution in [0.5, 0.6) is 0 Å². The first kappa shape index (κ1) is 17.5. The van der Waals surface area contributed by atoms with E-state index in [1.165, 1.54) is 6.07 Å². The Bertz CT molecular complexity index is 1050. The van der Waals surface area contributed by atoms with Crippen LogP contribution < -0.4 is 5.56 Å². The Balaban J connectivity index is 1.64. The molecule has 0 atom stereocenters. The minimum Gasteiger partial charge on any atom is -0.444 e. The molecule has 4 heterocycles. The summed E-state index contributed by atoms with van der Waals surface area (Å²) in [6.07, 6.45) is 4.44. The molecule has 4 rings (SSSR count). The van der Waals surface area contributed by atoms with Crippen molar-refractivity contribution in [1.82, 2.24) is 24.1 Å². The van der Waals surface area contributed by atoms with Gasteiger partial charge in [-0.25, -0.2) is 14.3 Å². The van der Waals surface area contributed by atoms with Crippen molar-refractivity contribution >= 4 is 22.8 Å². The summed E-state index contributed by atoms with van der Waals surface area (Å²) in [5.41, 5.74) is 0.785. The van der Waals surface area contributed by atoms with Gasteiger partial charge in [-0.05, 0) is 45.7 Å². The summed E-state index contributed by atoms with van der Waals surface area (Å²) in [7, 11) is 0. The van der Waals surface area contributed by atoms with Gasteiger partial charge in [0, 0.05) is 37.6 Å². The maximum Gasteiger partial charge on any atom is 0.410 e. The molecule has 1 aliphatic heterocycles. The lowest BCUT2D eigenvalue weighted by molar-refractivity contribution is 0.0188. The van der Waals surface area contributed by atoms with Crippen LogP contribution in [0.2, 0.25) is 0 Å². The molecule has 3 aromatic heterocycles. The van der Waals surface area contributed by atoms with Gasteiger partial charge in [0.25, 0.3) is 5.56 Å². The molecular weight excluding hydrogens is 346 g/mol. The highest BCUT2D eigenvalue weighted by molar-refractivity contribution is 5.89. The number of likely N-dealkylation sites (tertiary alicyclic amines) is 1. The highest BCUT2D eigenvalue weighted by Crippen LogP contribution is 2.26. The second-order valence-electron chi connectivity index (χ2n) is 7.87. The van der Waals surface area contributed by atoms with Gasteiger partial charge in [-0.3, -0.25) is 9.36 Å². The fourth-order valence-corrected chi connectivity index (χ4v) is 3.57. The predicted octanol–water partition coefficient (Wildman–Crippen LogP) is 2.62. The fraction of sp³-hybridized carbons (Fsp3) is 0.474. The van der Waals surface area contributed by atoms with Gasteiger partial charge in [-0.1, -0.05) is 0 Å². The topological polar surface area (TPSA) is 81.7 Å². The predicted molar refractivity (Wildman–Crippen MR) is 101 cm³/mol. The first-order valence-corrected chi connectivity index (χ1v) is 9.16. The molecule has 0 saturated carbocycles. The van der Waals surface area contributed by atoms with Gasteiger partial charge in [-0.2, -0.15) is 0 Å². The van der Waals surface area contributed by atoms with Crippen molar-refractivity contribution in [1.29, 1.82) is 0 Å². The Morgan fingerprint density at radius 1 is 1.22 bits per heavy atom. The fourth-order valence-electron chi connectivity index (χ4n) is 3.57. The summed E-state index contributed by atoms with van der Waals surface area (Å²) in [5, 5.41) is 5.31. The zero-order chi connectivity index (χ0) is 19.2. The Kier molecular flexibility index (Phi) is 4.13. The highest BCUT2D eigenvalue weighted by Gasteiger charge is 2.29. The molecule has 8 heteroatoms. The Morgan fingerprint density at radius 3 is 2.67 bits per heavy atom. The van der Waals surface area contributed by atoms with Crippen molar-refractivity contribution in [2.24, 2.45) is 0 Å². The zero-order valence-electron chi connectivity index (χ0n) is 15.8. The van der Waals surface area contributed by atoms with Crippen molar-refractivity contribution < 1.29 is 9.53 Å². The molecule has 0 aromatic carbocycles. The van der Waals surface area contributed by atoms with Gasteiger partial charge < -0.3 is 9.64 Å². The lowest BCUT2D eigenvalue weighted by Gasteiger charge is -2.34. The molecule has 0 radical (unpaired) electrons. The third-order valence-corrected chi connectivity index (χ3v) is 4.75. The van der Waals surface area contributed by atoms with Crippen molar-refractivity contribution in [2.45, 2.75) is 45.3 Å². The molecule has 1 aliphatic rings. The normalized spacial score (nSPS) is 16.2. The van der Waals surface area contributed by atoms with Crippen molar-refractivity contribution in [3.63, 3.8) is 0 Å². The average molecular weight is 369 g/mol. The van der Waals surface area contributed by atoms with Crippen LogP contribution >= 0.6 is 0 Å². The summed E-state index contributed by atoms with van der Waals surface area (Å²) < 4.78 is 8.96. The van der Waals surface area contributed by atoms with E-state index in [-0.39, 0.29) is 17.7 Å². The Hall–Kier alpha value is -2.90. The molecule has 0 N–H and O–H groups in total. The van der Waals surface area contributed by atoms with Gasteiger partial charge in [0.1, 0.15) is 11.2 Å². The second-order valence-corrected chi connectivity index (χ2v) is 7.87. The molecule has 0 bridgehead atoms. The minimum atomic E-state index is -0.514. The van der Waals surface area contributed by atoms with E-state index in [1.807, 2.05) is 32.9 Å². The van der Waals surface area contributed by atoms with E-state index < -0.39 is 5.60 Å². The van der Waals surface area contributed by atoms with E-state index in [1.54, 1.807) is 26.4 Å². The van der Waals surface area contributed by atoms with E-state index >= 15 is 0 Å². The molecule has 8 nitrogen and oxygen atoms in total. The van der Waals surface area contributed by atoms with Crippen LogP contribution in [0.25, 0.3) is 16.7 Å². The van der Waals surface area contributed by atoms with Gasteiger partial charge in [-0.15, -0.1) is 5.10 Å². The largest absolute Gasteiger partial charge is 0.444 e. The molecule has 0 spiro atoms. The van der Waals surface area contributed by atoms with Gasteiger partial charge in [0.2, 0.25) is 0 Å². The summed E-state index contributed by atoms with van der Waals surface area (Å²) in [5.74, 6) is 0. The van der Waals surface area contributed by atoms with Crippen LogP contribution in [0, 0.1) is 0 Å². The van der Waals surface area contributed by atoms with Crippen LogP contribution in [0.4, 0.5) is 4.79 Å². The number of piperidine rings is 1. The van der Waals surface area contributed by atoms with Gasteiger partial charge in [0.05, 0.1) is 5.39 Å². The van der Waals surface area contributed by atoms with E-state index in [4.69, 9.17) is 4.74 Å². The second kappa shape index (κ2) is 6.37. The molecule has 0 unspecified atom stereocenters. The number of pyridine rings is 1. The summed E-state index contributed by atoms with van der Waals surface area (Å²) in [4.78, 5) is 31.0. The van der Waals surface area contributed by atoms with Crippen molar-refractivity contribution in [3.05, 3.63) is 40.9 Å². The zero-order valence-corrected chi connectivity index (χ0v) is 15.8. The summed E-state index contributed by atoms with van der Waals surface area (Å²) in [6.45, 7) is 6.68. The number of carbonyl (C=O) groups excluding carboxylic acids is 1. The number of rotatable bonds is 1. The molecular formula is C19H23N5O3. The maximum absolute atomic E-state index is 12.7. The third kappa shape index (κ3) is 3.27. The highest BCUT2D eigenvalue weighted by atomic mass is 16.6. The number of hydrogen-bond acceptors (Lipinski definition) is 5. The number of amides is 1. The lowest BCUT2D eigenvalue weighted by Crippen LogP contribution is -2.43. The van der Waals surface area contributed by atoms with Gasteiger partial charge in [0.15, 0.2) is 5.65 Å². The van der Waals surface area contributed by atoms with Crippen molar-refractivity contribution in [2.75, 3.05) is 13.1 Å². The SMILES string of the molecule is CC(C)(C)OC(=O)N1CCC(n2c(=O)ccn3nc4ncccc4c23)CC1. The Labute approximate surface area is 156 Å². The molecule has 1 amide bonds. The third-order valence-electron chi connectivity index (χ3n) is 4.75. The average Bonchev–Trinajstić information content (AvgIpc) is 2.99. The van der Waals surface area contributed by atoms with Crippen LogP contribution in [-0.4, -0.2) is 48.8 Å². The quantitative estimate of drug-likeness (QED) is 0.659. The molecule has 1 fully saturated rings. The van der Waals surface area contributed by atoms with E-state index in [9.17, 15) is 9.59 Å². The molecule has 0 aliphatic carbocycles. The van der Waals surface area contributed by atoms with E-state index in [0.29, 0.717) is 31.6 Å².